The van der Waals surface area contributed by atoms with Crippen molar-refractivity contribution in [3.8, 4) is 0 Å². The maximum atomic E-state index is 13.8. The third-order valence-electron chi connectivity index (χ3n) is 4.94. The van der Waals surface area contributed by atoms with Crippen molar-refractivity contribution in [3.05, 3.63) is 64.7 Å². The van der Waals surface area contributed by atoms with Crippen molar-refractivity contribution < 1.29 is 37.2 Å². The van der Waals surface area contributed by atoms with Gasteiger partial charge in [0.2, 0.25) is 0 Å². The van der Waals surface area contributed by atoms with E-state index in [1.165, 1.54) is 6.07 Å². The molecule has 3 rings (SSSR count). The highest BCUT2D eigenvalue weighted by molar-refractivity contribution is 6.62. The number of carbonyl (C=O) groups excluding carboxylic acids is 2. The first-order valence-electron chi connectivity index (χ1n) is 9.63. The first-order valence-corrected chi connectivity index (χ1v) is 9.63. The minimum atomic E-state index is -4.91. The Morgan fingerprint density at radius 1 is 1.19 bits per heavy atom. The van der Waals surface area contributed by atoms with Crippen molar-refractivity contribution in [2.45, 2.75) is 39.3 Å². The van der Waals surface area contributed by atoms with Gasteiger partial charge < -0.3 is 19.7 Å². The second-order valence-electron chi connectivity index (χ2n) is 7.51. The van der Waals surface area contributed by atoms with Gasteiger partial charge in [-0.15, -0.1) is 0 Å². The molecule has 6 nitrogen and oxygen atoms in total. The summed E-state index contributed by atoms with van der Waals surface area (Å²) in [5, 5.41) is 12.2. The first kappa shape index (κ1) is 22.8. The number of rotatable bonds is 6. The molecule has 0 saturated heterocycles. The molecule has 10 heteroatoms. The third-order valence-corrected chi connectivity index (χ3v) is 4.94. The third kappa shape index (κ3) is 5.08. The van der Waals surface area contributed by atoms with E-state index >= 15 is 0 Å². The fourth-order valence-electron chi connectivity index (χ4n) is 3.35. The predicted octanol–water partition coefficient (Wildman–Crippen LogP) is 2.42. The highest BCUT2D eigenvalue weighted by Crippen LogP contribution is 2.33. The maximum absolute atomic E-state index is 13.8. The molecule has 0 spiro atoms. The number of nitrogens with one attached hydrogen (secondary N) is 1. The average molecular weight is 435 g/mol. The molecule has 0 saturated carbocycles. The van der Waals surface area contributed by atoms with Crippen molar-refractivity contribution in [3.63, 3.8) is 0 Å². The first-order chi connectivity index (χ1) is 14.6. The van der Waals surface area contributed by atoms with E-state index in [4.69, 9.17) is 9.39 Å². The molecule has 0 fully saturated rings. The van der Waals surface area contributed by atoms with Crippen LogP contribution in [0.2, 0.25) is 0 Å². The summed E-state index contributed by atoms with van der Waals surface area (Å²) in [7, 11) is -1.78. The molecule has 0 aromatic heterocycles. The lowest BCUT2D eigenvalue weighted by molar-refractivity contribution is -0.148. The van der Waals surface area contributed by atoms with Crippen molar-refractivity contribution >= 4 is 24.5 Å². The molecule has 1 amide bonds. The number of benzene rings is 2. The van der Waals surface area contributed by atoms with E-state index in [1.807, 2.05) is 0 Å². The highest BCUT2D eigenvalue weighted by Gasteiger charge is 2.44. The molecule has 1 atom stereocenters. The fourth-order valence-corrected chi connectivity index (χ4v) is 3.35. The van der Waals surface area contributed by atoms with E-state index in [9.17, 15) is 27.8 Å². The second-order valence-corrected chi connectivity index (χ2v) is 7.51. The van der Waals surface area contributed by atoms with E-state index in [2.05, 4.69) is 5.32 Å². The van der Waals surface area contributed by atoms with Gasteiger partial charge in [-0.05, 0) is 23.1 Å². The van der Waals surface area contributed by atoms with Gasteiger partial charge in [0.15, 0.2) is 0 Å². The van der Waals surface area contributed by atoms with Gasteiger partial charge in [0.05, 0.1) is 17.7 Å². The minimum Gasteiger partial charge on any atom is -0.459 e. The van der Waals surface area contributed by atoms with E-state index in [0.29, 0.717) is 0 Å². The van der Waals surface area contributed by atoms with Gasteiger partial charge >= 0.3 is 19.3 Å². The second kappa shape index (κ2) is 9.11. The Bertz CT molecular complexity index is 965. The van der Waals surface area contributed by atoms with Crippen LogP contribution in [0.5, 0.6) is 0 Å². The fraction of sp³-hybridized carbons (Fsp3) is 0.333. The number of ether oxygens (including phenoxy) is 1. The van der Waals surface area contributed by atoms with Gasteiger partial charge in [-0.3, -0.25) is 4.79 Å². The predicted molar refractivity (Wildman–Crippen MR) is 106 cm³/mol. The van der Waals surface area contributed by atoms with Crippen molar-refractivity contribution in [2.24, 2.45) is 5.92 Å². The summed E-state index contributed by atoms with van der Waals surface area (Å²) in [6, 6.07) is 10.0. The number of carbonyl (C=O) groups is 2. The quantitative estimate of drug-likeness (QED) is 0.538. The van der Waals surface area contributed by atoms with Gasteiger partial charge in [-0.1, -0.05) is 50.2 Å². The number of hydrogen-bond donors (Lipinski definition) is 2. The molecule has 2 aromatic carbocycles. The molecule has 2 N–H and O–H groups in total. The summed E-state index contributed by atoms with van der Waals surface area (Å²) in [5.41, 5.74) is -1.56. The zero-order valence-corrected chi connectivity index (χ0v) is 16.9. The largest absolute Gasteiger partial charge is 0.492 e. The maximum Gasteiger partial charge on any atom is 0.492 e. The molecule has 164 valence electrons. The average Bonchev–Trinajstić information content (AvgIpc) is 3.10. The molecule has 31 heavy (non-hydrogen) atoms. The van der Waals surface area contributed by atoms with Crippen LogP contribution in [-0.4, -0.2) is 30.1 Å². The van der Waals surface area contributed by atoms with E-state index in [0.717, 1.165) is 11.6 Å². The standard InChI is InChI=1S/C21H21BF3NO5/c1-12(2)18(20(28)30-10-13-6-4-3-5-7-13)26-19(27)15-9-8-14-11-31-22(29)17(14)16(15)21(23,24)25/h3-9,12,18,29H,10-11H2,1-2H3,(H,26,27). The van der Waals surface area contributed by atoms with Crippen LogP contribution >= 0.6 is 0 Å². The lowest BCUT2D eigenvalue weighted by Gasteiger charge is -2.23. The Balaban J connectivity index is 1.83. The normalized spacial score (nSPS) is 14.4. The minimum absolute atomic E-state index is 0.0328. The molecule has 0 aliphatic carbocycles. The summed E-state index contributed by atoms with van der Waals surface area (Å²) < 4.78 is 51.4. The molecule has 0 bridgehead atoms. The molecular weight excluding hydrogens is 414 g/mol. The van der Waals surface area contributed by atoms with Gasteiger partial charge in [0, 0.05) is 5.46 Å². The van der Waals surface area contributed by atoms with Crippen LogP contribution in [0, 0.1) is 5.92 Å². The number of hydrogen-bond acceptors (Lipinski definition) is 5. The van der Waals surface area contributed by atoms with Crippen LogP contribution in [0.4, 0.5) is 13.2 Å². The number of esters is 1. The van der Waals surface area contributed by atoms with Crippen LogP contribution in [0.15, 0.2) is 42.5 Å². The number of halogens is 3. The number of fused-ring (bicyclic) bond motifs is 1. The number of alkyl halides is 3. The molecule has 1 aliphatic heterocycles. The van der Waals surface area contributed by atoms with Crippen LogP contribution < -0.4 is 10.8 Å². The molecule has 1 aliphatic rings. The van der Waals surface area contributed by atoms with Crippen molar-refractivity contribution in [1.82, 2.24) is 5.32 Å². The summed E-state index contributed by atoms with van der Waals surface area (Å²) in [6.45, 7) is 3.05. The Morgan fingerprint density at radius 3 is 2.48 bits per heavy atom. The molecule has 0 radical (unpaired) electrons. The van der Waals surface area contributed by atoms with Crippen LogP contribution in [0.25, 0.3) is 0 Å². The Morgan fingerprint density at radius 2 is 1.87 bits per heavy atom. The zero-order valence-electron chi connectivity index (χ0n) is 16.9. The summed E-state index contributed by atoms with van der Waals surface area (Å²) >= 11 is 0. The summed E-state index contributed by atoms with van der Waals surface area (Å²) in [5.74, 6) is -2.29. The molecule has 1 unspecified atom stereocenters. The van der Waals surface area contributed by atoms with E-state index in [-0.39, 0.29) is 18.8 Å². The smallest absolute Gasteiger partial charge is 0.459 e. The lowest BCUT2D eigenvalue weighted by Crippen LogP contribution is -2.46. The Kier molecular flexibility index (Phi) is 6.71. The van der Waals surface area contributed by atoms with Crippen molar-refractivity contribution in [1.29, 1.82) is 0 Å². The number of amides is 1. The summed E-state index contributed by atoms with van der Waals surface area (Å²) in [4.78, 5) is 25.3. The molecule has 1 heterocycles. The van der Waals surface area contributed by atoms with E-state index in [1.54, 1.807) is 44.2 Å². The lowest BCUT2D eigenvalue weighted by atomic mass is 9.74. The van der Waals surface area contributed by atoms with Gasteiger partial charge in [-0.25, -0.2) is 4.79 Å². The van der Waals surface area contributed by atoms with Crippen molar-refractivity contribution in [2.75, 3.05) is 0 Å². The highest BCUT2D eigenvalue weighted by atomic mass is 19.4. The Labute approximate surface area is 177 Å². The SMILES string of the molecule is CC(C)C(NC(=O)c1ccc2c(c1C(F)(F)F)B(O)OC2)C(=O)OCc1ccccc1. The van der Waals surface area contributed by atoms with Gasteiger partial charge in [0.25, 0.3) is 5.91 Å². The van der Waals surface area contributed by atoms with Crippen LogP contribution in [0.3, 0.4) is 0 Å². The Hall–Kier alpha value is -2.85. The molecular formula is C21H21BF3NO5. The molecule has 2 aromatic rings. The van der Waals surface area contributed by atoms with Gasteiger partial charge in [0.1, 0.15) is 12.6 Å². The van der Waals surface area contributed by atoms with E-state index < -0.39 is 53.7 Å². The topological polar surface area (TPSA) is 84.9 Å². The van der Waals surface area contributed by atoms with Crippen LogP contribution in [-0.2, 0) is 33.6 Å². The monoisotopic (exact) mass is 435 g/mol. The van der Waals surface area contributed by atoms with Crippen LogP contribution in [0.1, 0.15) is 40.9 Å². The van der Waals surface area contributed by atoms with Gasteiger partial charge in [-0.2, -0.15) is 13.2 Å². The zero-order chi connectivity index (χ0) is 22.8. The summed E-state index contributed by atoms with van der Waals surface area (Å²) in [6.07, 6.45) is -4.91.